The van der Waals surface area contributed by atoms with Gasteiger partial charge in [0.15, 0.2) is 6.29 Å². The molecule has 0 atom stereocenters. The first kappa shape index (κ1) is 14.4. The van der Waals surface area contributed by atoms with E-state index in [-0.39, 0.29) is 6.29 Å². The SMILES string of the molecule is COC(CC(C)=CC=CC(C)(C)O)OC. The lowest BCUT2D eigenvalue weighted by molar-refractivity contribution is -0.100. The van der Waals surface area contributed by atoms with E-state index < -0.39 is 5.60 Å². The molecule has 3 heteroatoms. The van der Waals surface area contributed by atoms with Crippen LogP contribution in [-0.4, -0.2) is 31.2 Å². The number of hydrogen-bond acceptors (Lipinski definition) is 3. The van der Waals surface area contributed by atoms with Crippen LogP contribution in [0, 0.1) is 0 Å². The third kappa shape index (κ3) is 8.36. The quantitative estimate of drug-likeness (QED) is 0.544. The predicted molar refractivity (Wildman–Crippen MR) is 61.6 cm³/mol. The van der Waals surface area contributed by atoms with Gasteiger partial charge < -0.3 is 14.6 Å². The van der Waals surface area contributed by atoms with Crippen molar-refractivity contribution in [3.8, 4) is 0 Å². The Morgan fingerprint density at radius 2 is 1.87 bits per heavy atom. The second-order valence-corrected chi connectivity index (χ2v) is 4.13. The zero-order chi connectivity index (χ0) is 11.9. The first-order chi connectivity index (χ1) is 6.89. The van der Waals surface area contributed by atoms with Crippen LogP contribution < -0.4 is 0 Å². The molecule has 0 aromatic heterocycles. The Hall–Kier alpha value is -0.640. The van der Waals surface area contributed by atoms with Crippen molar-refractivity contribution in [3.63, 3.8) is 0 Å². The molecular formula is C12H22O3. The van der Waals surface area contributed by atoms with E-state index in [9.17, 15) is 5.11 Å². The van der Waals surface area contributed by atoms with E-state index in [4.69, 9.17) is 9.47 Å². The van der Waals surface area contributed by atoms with Crippen LogP contribution in [0.15, 0.2) is 23.8 Å². The van der Waals surface area contributed by atoms with E-state index in [0.29, 0.717) is 0 Å². The van der Waals surface area contributed by atoms with Gasteiger partial charge in [-0.25, -0.2) is 0 Å². The van der Waals surface area contributed by atoms with Crippen molar-refractivity contribution >= 4 is 0 Å². The van der Waals surface area contributed by atoms with Crippen LogP contribution in [0.3, 0.4) is 0 Å². The Kier molecular flexibility index (Phi) is 6.48. The monoisotopic (exact) mass is 214 g/mol. The minimum atomic E-state index is -0.765. The predicted octanol–water partition coefficient (Wildman–Crippen LogP) is 2.27. The molecule has 0 aromatic rings. The maximum absolute atomic E-state index is 9.44. The molecule has 0 bridgehead atoms. The number of hydrogen-bond donors (Lipinski definition) is 1. The molecular weight excluding hydrogens is 192 g/mol. The van der Waals surface area contributed by atoms with Crippen molar-refractivity contribution in [1.29, 1.82) is 0 Å². The molecule has 1 N–H and O–H groups in total. The van der Waals surface area contributed by atoms with Gasteiger partial charge in [0.25, 0.3) is 0 Å². The van der Waals surface area contributed by atoms with Gasteiger partial charge in [-0.3, -0.25) is 0 Å². The highest BCUT2D eigenvalue weighted by Gasteiger charge is 2.06. The van der Waals surface area contributed by atoms with Crippen molar-refractivity contribution in [2.75, 3.05) is 14.2 Å². The molecule has 0 amide bonds. The summed E-state index contributed by atoms with van der Waals surface area (Å²) in [6.07, 6.45) is 6.06. The molecule has 88 valence electrons. The summed E-state index contributed by atoms with van der Waals surface area (Å²) in [5.74, 6) is 0. The van der Waals surface area contributed by atoms with Crippen molar-refractivity contribution in [2.45, 2.75) is 39.1 Å². The Balaban J connectivity index is 4.15. The fourth-order valence-electron chi connectivity index (χ4n) is 1.04. The van der Waals surface area contributed by atoms with Gasteiger partial charge in [0.05, 0.1) is 5.60 Å². The van der Waals surface area contributed by atoms with E-state index >= 15 is 0 Å². The van der Waals surface area contributed by atoms with Gasteiger partial charge in [0, 0.05) is 20.6 Å². The van der Waals surface area contributed by atoms with Crippen molar-refractivity contribution in [1.82, 2.24) is 0 Å². The van der Waals surface area contributed by atoms with Gasteiger partial charge in [-0.05, 0) is 20.8 Å². The molecule has 0 aliphatic rings. The zero-order valence-electron chi connectivity index (χ0n) is 10.3. The second-order valence-electron chi connectivity index (χ2n) is 4.13. The van der Waals surface area contributed by atoms with Crippen molar-refractivity contribution in [3.05, 3.63) is 23.8 Å². The van der Waals surface area contributed by atoms with E-state index in [2.05, 4.69) is 0 Å². The first-order valence-electron chi connectivity index (χ1n) is 5.02. The zero-order valence-corrected chi connectivity index (χ0v) is 10.3. The summed E-state index contributed by atoms with van der Waals surface area (Å²) < 4.78 is 10.2. The smallest absolute Gasteiger partial charge is 0.160 e. The summed E-state index contributed by atoms with van der Waals surface area (Å²) >= 11 is 0. The summed E-state index contributed by atoms with van der Waals surface area (Å²) in [4.78, 5) is 0. The van der Waals surface area contributed by atoms with Gasteiger partial charge in [0.2, 0.25) is 0 Å². The number of methoxy groups -OCH3 is 2. The molecule has 0 rings (SSSR count). The lowest BCUT2D eigenvalue weighted by Gasteiger charge is -2.13. The Labute approximate surface area is 92.4 Å². The number of aliphatic hydroxyl groups is 1. The largest absolute Gasteiger partial charge is 0.386 e. The van der Waals surface area contributed by atoms with Gasteiger partial charge in [-0.15, -0.1) is 0 Å². The molecule has 3 nitrogen and oxygen atoms in total. The Morgan fingerprint density at radius 3 is 2.27 bits per heavy atom. The fraction of sp³-hybridized carbons (Fsp3) is 0.667. The molecule has 0 saturated heterocycles. The molecule has 0 spiro atoms. The van der Waals surface area contributed by atoms with Crippen molar-refractivity contribution < 1.29 is 14.6 Å². The van der Waals surface area contributed by atoms with Crippen LogP contribution in [0.5, 0.6) is 0 Å². The van der Waals surface area contributed by atoms with Crippen LogP contribution in [0.25, 0.3) is 0 Å². The lowest BCUT2D eigenvalue weighted by atomic mass is 10.1. The van der Waals surface area contributed by atoms with Crippen LogP contribution in [0.1, 0.15) is 27.2 Å². The average Bonchev–Trinajstić information content (AvgIpc) is 2.12. The topological polar surface area (TPSA) is 38.7 Å². The van der Waals surface area contributed by atoms with Crippen LogP contribution in [-0.2, 0) is 9.47 Å². The van der Waals surface area contributed by atoms with Gasteiger partial charge in [0.1, 0.15) is 0 Å². The number of rotatable bonds is 6. The molecule has 0 radical (unpaired) electrons. The molecule has 15 heavy (non-hydrogen) atoms. The minimum Gasteiger partial charge on any atom is -0.386 e. The summed E-state index contributed by atoms with van der Waals surface area (Å²) in [6.45, 7) is 5.47. The van der Waals surface area contributed by atoms with Crippen LogP contribution in [0.2, 0.25) is 0 Å². The summed E-state index contributed by atoms with van der Waals surface area (Å²) in [6, 6.07) is 0. The maximum atomic E-state index is 9.44. The number of ether oxygens (including phenoxy) is 2. The van der Waals surface area contributed by atoms with Gasteiger partial charge in [-0.1, -0.05) is 23.8 Å². The molecule has 0 aromatic carbocycles. The molecule has 0 fully saturated rings. The molecule has 0 heterocycles. The van der Waals surface area contributed by atoms with Gasteiger partial charge >= 0.3 is 0 Å². The number of allylic oxidation sites excluding steroid dienone is 2. The van der Waals surface area contributed by atoms with E-state index in [1.165, 1.54) is 0 Å². The average molecular weight is 214 g/mol. The molecule has 0 aliphatic heterocycles. The van der Waals surface area contributed by atoms with E-state index in [1.54, 1.807) is 34.1 Å². The first-order valence-corrected chi connectivity index (χ1v) is 5.02. The third-order valence-electron chi connectivity index (χ3n) is 1.90. The lowest BCUT2D eigenvalue weighted by Crippen LogP contribution is -2.13. The minimum absolute atomic E-state index is 0.197. The van der Waals surface area contributed by atoms with Crippen LogP contribution in [0.4, 0.5) is 0 Å². The highest BCUT2D eigenvalue weighted by Crippen LogP contribution is 2.09. The molecule has 0 saturated carbocycles. The highest BCUT2D eigenvalue weighted by atomic mass is 16.7. The standard InChI is InChI=1S/C12H22O3/c1-10(9-11(14-4)15-5)7-6-8-12(2,3)13/h6-8,11,13H,9H2,1-5H3. The second kappa shape index (κ2) is 6.77. The summed E-state index contributed by atoms with van der Waals surface area (Å²) in [7, 11) is 3.24. The maximum Gasteiger partial charge on any atom is 0.160 e. The Bertz CT molecular complexity index is 220. The third-order valence-corrected chi connectivity index (χ3v) is 1.90. The summed E-state index contributed by atoms with van der Waals surface area (Å²) in [5, 5.41) is 9.44. The normalized spacial score (nSPS) is 14.2. The fourth-order valence-corrected chi connectivity index (χ4v) is 1.04. The Morgan fingerprint density at radius 1 is 1.33 bits per heavy atom. The molecule has 0 aliphatic carbocycles. The summed E-state index contributed by atoms with van der Waals surface area (Å²) in [5.41, 5.74) is 0.378. The van der Waals surface area contributed by atoms with E-state index in [1.807, 2.05) is 19.1 Å². The molecule has 0 unspecified atom stereocenters. The van der Waals surface area contributed by atoms with Crippen LogP contribution >= 0.6 is 0 Å². The highest BCUT2D eigenvalue weighted by molar-refractivity contribution is 5.13. The van der Waals surface area contributed by atoms with E-state index in [0.717, 1.165) is 12.0 Å². The van der Waals surface area contributed by atoms with Crippen molar-refractivity contribution in [2.24, 2.45) is 0 Å². The van der Waals surface area contributed by atoms with Gasteiger partial charge in [-0.2, -0.15) is 0 Å².